The predicted molar refractivity (Wildman–Crippen MR) is 67.9 cm³/mol. The van der Waals surface area contributed by atoms with Crippen LogP contribution in [-0.4, -0.2) is 19.3 Å². The second-order valence-corrected chi connectivity index (χ2v) is 5.84. The number of hydrogen-bond acceptors (Lipinski definition) is 6. The highest BCUT2D eigenvalue weighted by atomic mass is 79.9. The quantitative estimate of drug-likeness (QED) is 0.814. The van der Waals surface area contributed by atoms with Crippen LogP contribution in [-0.2, 0) is 6.42 Å². The van der Waals surface area contributed by atoms with Gasteiger partial charge in [-0.3, -0.25) is 0 Å². The van der Waals surface area contributed by atoms with Gasteiger partial charge in [0.25, 0.3) is 0 Å². The molecule has 0 aliphatic carbocycles. The van der Waals surface area contributed by atoms with Gasteiger partial charge in [0, 0.05) is 12.5 Å². The van der Waals surface area contributed by atoms with Crippen LogP contribution in [0.15, 0.2) is 20.0 Å². The lowest BCUT2D eigenvalue weighted by Gasteiger charge is -2.00. The Hall–Kier alpha value is -0.530. The SMILES string of the molecule is CCc1nc(Br)cc(Sc2nc(C)ns2)n1. The van der Waals surface area contributed by atoms with Crippen LogP contribution in [0.3, 0.4) is 0 Å². The van der Waals surface area contributed by atoms with Gasteiger partial charge in [-0.25, -0.2) is 15.0 Å². The minimum Gasteiger partial charge on any atom is -0.226 e. The number of hydrogen-bond donors (Lipinski definition) is 0. The lowest BCUT2D eigenvalue weighted by Crippen LogP contribution is -1.94. The van der Waals surface area contributed by atoms with Crippen LogP contribution in [0.2, 0.25) is 0 Å². The van der Waals surface area contributed by atoms with Gasteiger partial charge in [-0.1, -0.05) is 6.92 Å². The summed E-state index contributed by atoms with van der Waals surface area (Å²) < 4.78 is 5.85. The summed E-state index contributed by atoms with van der Waals surface area (Å²) in [5, 5.41) is 0.898. The van der Waals surface area contributed by atoms with Gasteiger partial charge in [-0.15, -0.1) is 0 Å². The summed E-state index contributed by atoms with van der Waals surface area (Å²) in [5.41, 5.74) is 0. The molecular weight excluding hydrogens is 308 g/mol. The summed E-state index contributed by atoms with van der Waals surface area (Å²) >= 11 is 6.28. The summed E-state index contributed by atoms with van der Waals surface area (Å²) in [5.74, 6) is 1.63. The van der Waals surface area contributed by atoms with Gasteiger partial charge < -0.3 is 0 Å². The van der Waals surface area contributed by atoms with Crippen LogP contribution in [0.25, 0.3) is 0 Å². The summed E-state index contributed by atoms with van der Waals surface area (Å²) in [4.78, 5) is 13.0. The molecule has 2 heterocycles. The van der Waals surface area contributed by atoms with Crippen LogP contribution >= 0.6 is 39.2 Å². The number of aryl methyl sites for hydroxylation is 2. The van der Waals surface area contributed by atoms with E-state index in [1.165, 1.54) is 23.3 Å². The Morgan fingerprint density at radius 2 is 2.19 bits per heavy atom. The molecule has 0 unspecified atom stereocenters. The van der Waals surface area contributed by atoms with Crippen LogP contribution < -0.4 is 0 Å². The van der Waals surface area contributed by atoms with Crippen LogP contribution in [0.1, 0.15) is 18.6 Å². The fourth-order valence-corrected chi connectivity index (χ4v) is 3.25. The second kappa shape index (κ2) is 5.20. The van der Waals surface area contributed by atoms with E-state index in [1.807, 2.05) is 19.9 Å². The molecule has 0 saturated carbocycles. The molecule has 0 fully saturated rings. The molecule has 7 heteroatoms. The van der Waals surface area contributed by atoms with Gasteiger partial charge in [0.15, 0.2) is 4.34 Å². The van der Waals surface area contributed by atoms with E-state index in [1.54, 1.807) is 0 Å². The Kier molecular flexibility index (Phi) is 3.88. The maximum atomic E-state index is 4.42. The third kappa shape index (κ3) is 2.99. The Balaban J connectivity index is 2.24. The number of halogens is 1. The zero-order chi connectivity index (χ0) is 11.5. The van der Waals surface area contributed by atoms with E-state index in [0.717, 1.165) is 32.0 Å². The highest BCUT2D eigenvalue weighted by Crippen LogP contribution is 2.28. The topological polar surface area (TPSA) is 51.6 Å². The Morgan fingerprint density at radius 3 is 2.81 bits per heavy atom. The molecule has 0 aliphatic heterocycles. The molecule has 0 aliphatic rings. The van der Waals surface area contributed by atoms with Gasteiger partial charge in [0.05, 0.1) is 0 Å². The van der Waals surface area contributed by atoms with E-state index in [0.29, 0.717) is 0 Å². The van der Waals surface area contributed by atoms with Crippen LogP contribution in [0, 0.1) is 6.92 Å². The first-order chi connectivity index (χ1) is 7.67. The van der Waals surface area contributed by atoms with E-state index in [4.69, 9.17) is 0 Å². The zero-order valence-electron chi connectivity index (χ0n) is 8.77. The number of rotatable bonds is 3. The van der Waals surface area contributed by atoms with Crippen LogP contribution in [0.4, 0.5) is 0 Å². The summed E-state index contributed by atoms with van der Waals surface area (Å²) in [6.07, 6.45) is 0.822. The molecule has 2 aromatic rings. The highest BCUT2D eigenvalue weighted by molar-refractivity contribution is 9.10. The molecule has 2 aromatic heterocycles. The van der Waals surface area contributed by atoms with E-state index in [-0.39, 0.29) is 0 Å². The van der Waals surface area contributed by atoms with Crippen LogP contribution in [0.5, 0.6) is 0 Å². The highest BCUT2D eigenvalue weighted by Gasteiger charge is 2.07. The fraction of sp³-hybridized carbons (Fsp3) is 0.333. The maximum absolute atomic E-state index is 4.42. The molecule has 4 nitrogen and oxygen atoms in total. The van der Waals surface area contributed by atoms with Crippen molar-refractivity contribution in [3.63, 3.8) is 0 Å². The average Bonchev–Trinajstić information content (AvgIpc) is 2.63. The molecule has 84 valence electrons. The molecule has 0 saturated heterocycles. The second-order valence-electron chi connectivity index (χ2n) is 3.01. The third-order valence-electron chi connectivity index (χ3n) is 1.73. The fourth-order valence-electron chi connectivity index (χ4n) is 1.06. The van der Waals surface area contributed by atoms with Crippen molar-refractivity contribution in [2.75, 3.05) is 0 Å². The Morgan fingerprint density at radius 1 is 1.38 bits per heavy atom. The van der Waals surface area contributed by atoms with E-state index < -0.39 is 0 Å². The van der Waals surface area contributed by atoms with Gasteiger partial charge >= 0.3 is 0 Å². The molecule has 0 atom stereocenters. The first-order valence-corrected chi connectivity index (χ1v) is 7.07. The number of aromatic nitrogens is 4. The molecule has 0 aromatic carbocycles. The predicted octanol–water partition coefficient (Wildman–Crippen LogP) is 3.11. The van der Waals surface area contributed by atoms with Gasteiger partial charge in [-0.05, 0) is 46.1 Å². The van der Waals surface area contributed by atoms with Crippen molar-refractivity contribution in [3.05, 3.63) is 22.3 Å². The van der Waals surface area contributed by atoms with Crippen molar-refractivity contribution in [1.82, 2.24) is 19.3 Å². The summed E-state index contributed by atoms with van der Waals surface area (Å²) in [6.45, 7) is 3.92. The standard InChI is InChI=1S/C9H9BrN4S2/c1-3-7-12-6(10)4-8(13-7)15-9-11-5(2)14-16-9/h4H,3H2,1-2H3. The molecule has 0 bridgehead atoms. The monoisotopic (exact) mass is 316 g/mol. The lowest BCUT2D eigenvalue weighted by atomic mass is 10.4. The molecule has 2 rings (SSSR count). The average molecular weight is 317 g/mol. The van der Waals surface area contributed by atoms with Crippen molar-refractivity contribution in [2.24, 2.45) is 0 Å². The van der Waals surface area contributed by atoms with Crippen molar-refractivity contribution in [1.29, 1.82) is 0 Å². The van der Waals surface area contributed by atoms with Gasteiger partial charge in [-0.2, -0.15) is 4.37 Å². The maximum Gasteiger partial charge on any atom is 0.176 e. The van der Waals surface area contributed by atoms with Gasteiger partial charge in [0.1, 0.15) is 21.3 Å². The van der Waals surface area contributed by atoms with Crippen molar-refractivity contribution in [2.45, 2.75) is 29.6 Å². The zero-order valence-corrected chi connectivity index (χ0v) is 12.0. The van der Waals surface area contributed by atoms with E-state index in [9.17, 15) is 0 Å². The minimum atomic E-state index is 0.802. The van der Waals surface area contributed by atoms with E-state index >= 15 is 0 Å². The van der Waals surface area contributed by atoms with Crippen molar-refractivity contribution >= 4 is 39.2 Å². The summed E-state index contributed by atoms with van der Waals surface area (Å²) in [6, 6.07) is 1.89. The van der Waals surface area contributed by atoms with Crippen molar-refractivity contribution in [3.8, 4) is 0 Å². The Bertz CT molecular complexity index is 500. The largest absolute Gasteiger partial charge is 0.226 e. The molecule has 0 N–H and O–H groups in total. The van der Waals surface area contributed by atoms with Crippen molar-refractivity contribution < 1.29 is 0 Å². The number of nitrogens with zero attached hydrogens (tertiary/aromatic N) is 4. The summed E-state index contributed by atoms with van der Waals surface area (Å²) in [7, 11) is 0. The smallest absolute Gasteiger partial charge is 0.176 e. The Labute approximate surface area is 110 Å². The first kappa shape index (κ1) is 11.9. The lowest BCUT2D eigenvalue weighted by molar-refractivity contribution is 0.876. The molecule has 0 amide bonds. The first-order valence-electron chi connectivity index (χ1n) is 4.69. The molecule has 0 radical (unpaired) electrons. The third-order valence-corrected chi connectivity index (χ3v) is 3.90. The molecule has 0 spiro atoms. The van der Waals surface area contributed by atoms with Gasteiger partial charge in [0.2, 0.25) is 0 Å². The minimum absolute atomic E-state index is 0.802. The molecular formula is C9H9BrN4S2. The molecule has 16 heavy (non-hydrogen) atoms. The normalized spacial score (nSPS) is 10.7. The van der Waals surface area contributed by atoms with E-state index in [2.05, 4.69) is 35.3 Å².